The zero-order valence-electron chi connectivity index (χ0n) is 18.0. The smallest absolute Gasteiger partial charge is 0.264 e. The van der Waals surface area contributed by atoms with Crippen molar-refractivity contribution in [3.05, 3.63) is 94.8 Å². The minimum Gasteiger partial charge on any atom is -0.354 e. The number of aryl methyl sites for hydroxylation is 1. The molecule has 0 aliphatic carbocycles. The van der Waals surface area contributed by atoms with E-state index in [-0.39, 0.29) is 17.3 Å². The summed E-state index contributed by atoms with van der Waals surface area (Å²) in [6.07, 6.45) is 0. The van der Waals surface area contributed by atoms with Crippen LogP contribution in [-0.4, -0.2) is 33.2 Å². The Morgan fingerprint density at radius 2 is 1.70 bits per heavy atom. The quantitative estimate of drug-likeness (QED) is 0.391. The van der Waals surface area contributed by atoms with Crippen LogP contribution in [0.4, 0.5) is 10.1 Å². The van der Waals surface area contributed by atoms with Gasteiger partial charge in [-0.15, -0.1) is 0 Å². The van der Waals surface area contributed by atoms with Crippen LogP contribution in [0.2, 0.25) is 5.02 Å². The fourth-order valence-electron chi connectivity index (χ4n) is 3.01. The topological polar surface area (TPSA) is 66.5 Å². The van der Waals surface area contributed by atoms with Gasteiger partial charge in [-0.3, -0.25) is 9.10 Å². The molecule has 0 heterocycles. The van der Waals surface area contributed by atoms with E-state index in [1.54, 1.807) is 54.6 Å². The van der Waals surface area contributed by atoms with Crippen molar-refractivity contribution in [1.29, 1.82) is 0 Å². The molecule has 3 rings (SSSR count). The molecule has 0 atom stereocenters. The first-order valence-electron chi connectivity index (χ1n) is 10.2. The van der Waals surface area contributed by atoms with E-state index >= 15 is 0 Å². The summed E-state index contributed by atoms with van der Waals surface area (Å²) in [4.78, 5) is 12.7. The fraction of sp³-hybridized carbons (Fsp3) is 0.208. The third-order valence-corrected chi connectivity index (χ3v) is 7.84. The number of thioether (sulfide) groups is 1. The maximum absolute atomic E-state index is 13.7. The van der Waals surface area contributed by atoms with Crippen LogP contribution < -0.4 is 9.62 Å². The molecule has 0 saturated heterocycles. The van der Waals surface area contributed by atoms with Gasteiger partial charge in [-0.05, 0) is 55.0 Å². The van der Waals surface area contributed by atoms with Crippen LogP contribution in [0, 0.1) is 12.7 Å². The molecule has 1 amide bonds. The number of hydrogen-bond acceptors (Lipinski definition) is 4. The maximum atomic E-state index is 13.7. The van der Waals surface area contributed by atoms with Gasteiger partial charge >= 0.3 is 0 Å². The highest BCUT2D eigenvalue weighted by Gasteiger charge is 2.27. The molecule has 0 aliphatic heterocycles. The van der Waals surface area contributed by atoms with Crippen molar-refractivity contribution in [3.8, 4) is 0 Å². The number of rotatable bonds is 10. The predicted octanol–water partition coefficient (Wildman–Crippen LogP) is 5.03. The summed E-state index contributed by atoms with van der Waals surface area (Å²) in [6, 6.07) is 19.3. The summed E-state index contributed by atoms with van der Waals surface area (Å²) < 4.78 is 41.3. The molecule has 1 N–H and O–H groups in total. The predicted molar refractivity (Wildman–Crippen MR) is 133 cm³/mol. The Morgan fingerprint density at radius 1 is 1.03 bits per heavy atom. The third kappa shape index (κ3) is 6.96. The molecule has 0 spiro atoms. The standard InChI is InChI=1S/C24H24ClFN2O3S2/c1-18-6-12-22(13-7-18)33(30,31)28(21-10-8-20(25)9-11-21)16-24(29)27-14-15-32-17-19-4-2-3-5-23(19)26/h2-13H,14-17H2,1H3,(H,27,29). The highest BCUT2D eigenvalue weighted by atomic mass is 35.5. The molecule has 0 radical (unpaired) electrons. The van der Waals surface area contributed by atoms with Crippen molar-refractivity contribution in [2.24, 2.45) is 0 Å². The van der Waals surface area contributed by atoms with E-state index in [4.69, 9.17) is 11.6 Å². The number of nitrogens with zero attached hydrogens (tertiary/aromatic N) is 1. The number of carbonyl (C=O) groups excluding carboxylic acids is 1. The largest absolute Gasteiger partial charge is 0.354 e. The molecule has 0 unspecified atom stereocenters. The van der Waals surface area contributed by atoms with Crippen LogP contribution in [0.3, 0.4) is 0 Å². The Labute approximate surface area is 203 Å². The van der Waals surface area contributed by atoms with Crippen molar-refractivity contribution in [1.82, 2.24) is 5.32 Å². The van der Waals surface area contributed by atoms with Crippen molar-refractivity contribution < 1.29 is 17.6 Å². The number of anilines is 1. The van der Waals surface area contributed by atoms with Gasteiger partial charge in [-0.1, -0.05) is 47.5 Å². The molecule has 3 aromatic carbocycles. The minimum absolute atomic E-state index is 0.0938. The average Bonchev–Trinajstić information content (AvgIpc) is 2.79. The molecule has 5 nitrogen and oxygen atoms in total. The molecule has 174 valence electrons. The van der Waals surface area contributed by atoms with E-state index in [9.17, 15) is 17.6 Å². The monoisotopic (exact) mass is 506 g/mol. The summed E-state index contributed by atoms with van der Waals surface area (Å²) in [6.45, 7) is 1.82. The zero-order chi connectivity index (χ0) is 23.8. The van der Waals surface area contributed by atoms with E-state index in [1.807, 2.05) is 6.92 Å². The number of halogens is 2. The van der Waals surface area contributed by atoms with Crippen LogP contribution >= 0.6 is 23.4 Å². The molecule has 3 aromatic rings. The molecule has 33 heavy (non-hydrogen) atoms. The fourth-order valence-corrected chi connectivity index (χ4v) is 5.40. The second-order valence-electron chi connectivity index (χ2n) is 7.30. The van der Waals surface area contributed by atoms with Gasteiger partial charge in [0.05, 0.1) is 10.6 Å². The van der Waals surface area contributed by atoms with E-state index in [0.29, 0.717) is 34.3 Å². The van der Waals surface area contributed by atoms with Crippen molar-refractivity contribution in [3.63, 3.8) is 0 Å². The Bertz CT molecular complexity index is 1190. The second-order valence-corrected chi connectivity index (χ2v) is 10.7. The van der Waals surface area contributed by atoms with Gasteiger partial charge in [0.25, 0.3) is 10.0 Å². The number of carbonyl (C=O) groups is 1. The maximum Gasteiger partial charge on any atom is 0.264 e. The highest BCUT2D eigenvalue weighted by molar-refractivity contribution is 7.98. The highest BCUT2D eigenvalue weighted by Crippen LogP contribution is 2.25. The van der Waals surface area contributed by atoms with Crippen molar-refractivity contribution >= 4 is 45.0 Å². The minimum atomic E-state index is -3.97. The van der Waals surface area contributed by atoms with Gasteiger partial charge in [0.2, 0.25) is 5.91 Å². The lowest BCUT2D eigenvalue weighted by atomic mass is 10.2. The lowest BCUT2D eigenvalue weighted by molar-refractivity contribution is -0.119. The van der Waals surface area contributed by atoms with Crippen LogP contribution in [0.15, 0.2) is 77.7 Å². The van der Waals surface area contributed by atoms with Gasteiger partial charge in [0.1, 0.15) is 12.4 Å². The SMILES string of the molecule is Cc1ccc(S(=O)(=O)N(CC(=O)NCCSCc2ccccc2F)c2ccc(Cl)cc2)cc1. The molecule has 0 bridgehead atoms. The third-order valence-electron chi connectivity index (χ3n) is 4.79. The van der Waals surface area contributed by atoms with Crippen LogP contribution in [0.25, 0.3) is 0 Å². The van der Waals surface area contributed by atoms with Crippen LogP contribution in [-0.2, 0) is 20.6 Å². The number of nitrogens with one attached hydrogen (secondary N) is 1. The number of hydrogen-bond donors (Lipinski definition) is 1. The summed E-state index contributed by atoms with van der Waals surface area (Å²) >= 11 is 7.43. The molecule has 0 saturated carbocycles. The van der Waals surface area contributed by atoms with Gasteiger partial charge in [-0.2, -0.15) is 11.8 Å². The van der Waals surface area contributed by atoms with Gasteiger partial charge in [-0.25, -0.2) is 12.8 Å². The molecular formula is C24H24ClFN2O3S2. The van der Waals surface area contributed by atoms with E-state index in [0.717, 1.165) is 9.87 Å². The van der Waals surface area contributed by atoms with Gasteiger partial charge < -0.3 is 5.32 Å². The second kappa shape index (κ2) is 11.5. The molecule has 0 aliphatic rings. The van der Waals surface area contributed by atoms with E-state index < -0.39 is 15.9 Å². The van der Waals surface area contributed by atoms with E-state index in [1.165, 1.54) is 30.0 Å². The number of sulfonamides is 1. The Hall–Kier alpha value is -2.55. The normalized spacial score (nSPS) is 11.2. The lowest BCUT2D eigenvalue weighted by Crippen LogP contribution is -2.41. The molecule has 0 fully saturated rings. The van der Waals surface area contributed by atoms with Crippen molar-refractivity contribution in [2.75, 3.05) is 23.1 Å². The van der Waals surface area contributed by atoms with Gasteiger partial charge in [0, 0.05) is 23.1 Å². The number of amides is 1. The number of benzene rings is 3. The Kier molecular flexibility index (Phi) is 8.77. The molecular weight excluding hydrogens is 483 g/mol. The molecule has 9 heteroatoms. The zero-order valence-corrected chi connectivity index (χ0v) is 20.4. The van der Waals surface area contributed by atoms with Crippen LogP contribution in [0.5, 0.6) is 0 Å². The van der Waals surface area contributed by atoms with Crippen molar-refractivity contribution in [2.45, 2.75) is 17.6 Å². The first-order chi connectivity index (χ1) is 15.8. The first-order valence-corrected chi connectivity index (χ1v) is 13.2. The summed E-state index contributed by atoms with van der Waals surface area (Å²) in [5.74, 6) is 0.355. The summed E-state index contributed by atoms with van der Waals surface area (Å²) in [5.41, 5.74) is 1.87. The Balaban J connectivity index is 1.64. The first kappa shape index (κ1) is 25.1. The summed E-state index contributed by atoms with van der Waals surface area (Å²) in [5, 5.41) is 3.20. The summed E-state index contributed by atoms with van der Waals surface area (Å²) in [7, 11) is -3.97. The van der Waals surface area contributed by atoms with Gasteiger partial charge in [0.15, 0.2) is 0 Å². The Morgan fingerprint density at radius 3 is 2.36 bits per heavy atom. The lowest BCUT2D eigenvalue weighted by Gasteiger charge is -2.24. The average molecular weight is 507 g/mol. The van der Waals surface area contributed by atoms with E-state index in [2.05, 4.69) is 5.32 Å². The molecule has 0 aromatic heterocycles. The van der Waals surface area contributed by atoms with Crippen LogP contribution in [0.1, 0.15) is 11.1 Å².